The number of hydrogen-bond acceptors (Lipinski definition) is 8. The third kappa shape index (κ3) is 4.53. The van der Waals surface area contributed by atoms with Crippen molar-refractivity contribution in [3.8, 4) is 11.1 Å². The lowest BCUT2D eigenvalue weighted by atomic mass is 9.85. The first kappa shape index (κ1) is 29.4. The Bertz CT molecular complexity index is 1760. The number of amides is 1. The van der Waals surface area contributed by atoms with Crippen molar-refractivity contribution in [1.29, 1.82) is 0 Å². The van der Waals surface area contributed by atoms with Crippen LogP contribution in [0.3, 0.4) is 0 Å². The van der Waals surface area contributed by atoms with Crippen molar-refractivity contribution in [2.75, 3.05) is 5.73 Å². The van der Waals surface area contributed by atoms with Crippen LogP contribution < -0.4 is 11.5 Å². The van der Waals surface area contributed by atoms with Crippen LogP contribution in [0.25, 0.3) is 16.8 Å². The Morgan fingerprint density at radius 1 is 0.956 bits per heavy atom. The summed E-state index contributed by atoms with van der Waals surface area (Å²) in [7, 11) is 0. The second-order valence-corrected chi connectivity index (χ2v) is 12.1. The number of H-pyrrole nitrogens is 1. The molecule has 0 aromatic carbocycles. The van der Waals surface area contributed by atoms with Crippen LogP contribution in [0.1, 0.15) is 83.8 Å². The van der Waals surface area contributed by atoms with Gasteiger partial charge < -0.3 is 16.4 Å². The van der Waals surface area contributed by atoms with E-state index < -0.39 is 23.6 Å². The Hall–Kier alpha value is -4.28. The fourth-order valence-corrected chi connectivity index (χ4v) is 6.87. The molecule has 3 fully saturated rings. The maximum atomic E-state index is 13.5. The van der Waals surface area contributed by atoms with Crippen LogP contribution in [0.5, 0.6) is 0 Å². The quantitative estimate of drug-likeness (QED) is 0.271. The van der Waals surface area contributed by atoms with Crippen LogP contribution in [-0.2, 0) is 5.54 Å². The summed E-state index contributed by atoms with van der Waals surface area (Å²) in [5.74, 6) is 0.996. The van der Waals surface area contributed by atoms with Gasteiger partial charge in [0.1, 0.15) is 11.6 Å². The molecule has 17 heteroatoms. The molecule has 4 aromatic rings. The number of nitrogens with zero attached hydrogens (tertiary/aromatic N) is 7. The highest BCUT2D eigenvalue weighted by atomic mass is 19.4. The average molecular weight is 635 g/mol. The van der Waals surface area contributed by atoms with Crippen molar-refractivity contribution in [3.63, 3.8) is 0 Å². The van der Waals surface area contributed by atoms with E-state index in [1.165, 1.54) is 10.7 Å². The average Bonchev–Trinajstić information content (AvgIpc) is 3.47. The highest BCUT2D eigenvalue weighted by molar-refractivity contribution is 5.91. The van der Waals surface area contributed by atoms with Crippen molar-refractivity contribution >= 4 is 17.4 Å². The lowest BCUT2D eigenvalue weighted by molar-refractivity contribution is -0.303. The molecule has 2 bridgehead atoms. The summed E-state index contributed by atoms with van der Waals surface area (Å²) < 4.78 is 82.5. The van der Waals surface area contributed by atoms with Gasteiger partial charge in [0, 0.05) is 40.9 Å². The first-order valence-corrected chi connectivity index (χ1v) is 14.5. The van der Waals surface area contributed by atoms with Gasteiger partial charge in [-0.2, -0.15) is 36.0 Å². The molecule has 11 nitrogen and oxygen atoms in total. The third-order valence-corrected chi connectivity index (χ3v) is 9.25. The lowest BCUT2D eigenvalue weighted by Crippen LogP contribution is -2.61. The van der Waals surface area contributed by atoms with E-state index >= 15 is 0 Å². The zero-order chi connectivity index (χ0) is 32.1. The van der Waals surface area contributed by atoms with Gasteiger partial charge in [0.05, 0.1) is 17.6 Å². The number of halogens is 6. The molecule has 0 spiro atoms. The summed E-state index contributed by atoms with van der Waals surface area (Å²) >= 11 is 0. The largest absolute Gasteiger partial charge is 0.421 e. The van der Waals surface area contributed by atoms with Crippen LogP contribution in [0.4, 0.5) is 32.2 Å². The molecule has 1 aliphatic carbocycles. The molecule has 1 unspecified atom stereocenters. The number of hydrogen-bond donors (Lipinski definition) is 3. The number of rotatable bonds is 5. The standard InChI is InChI=1S/C28H28F6N10O/c1-12-39-23(42-41-12)25(45)43-16-5-6-17(43)9-15(8-16)21-20(13-2-3-13)22(35)44-24(40-21)18(11-38-44)14-4-7-19(37-10-14)26(36,27(29,30)31)28(32,33)34/h4,7,10-11,13,15-17H,2-3,5-6,8-9,35-36H2,1H3,(H,39,41,42)/t15?,16-,17+. The summed E-state index contributed by atoms with van der Waals surface area (Å²) in [6.07, 6.45) is -4.58. The predicted octanol–water partition coefficient (Wildman–Crippen LogP) is 4.51. The maximum Gasteiger partial charge on any atom is 0.421 e. The number of piperidine rings is 1. The molecular formula is C28H28F6N10O. The molecule has 238 valence electrons. The zero-order valence-corrected chi connectivity index (χ0v) is 23.8. The molecule has 4 aromatic heterocycles. The minimum absolute atomic E-state index is 0.0389. The van der Waals surface area contributed by atoms with E-state index in [0.29, 0.717) is 41.8 Å². The number of fused-ring (bicyclic) bond motifs is 3. The number of nitrogens with one attached hydrogen (secondary N) is 1. The first-order chi connectivity index (χ1) is 21.2. The second-order valence-electron chi connectivity index (χ2n) is 12.1. The molecule has 2 aliphatic heterocycles. The van der Waals surface area contributed by atoms with Gasteiger partial charge >= 0.3 is 12.4 Å². The van der Waals surface area contributed by atoms with Crippen molar-refractivity contribution in [1.82, 2.24) is 39.7 Å². The fraction of sp³-hybridized carbons (Fsp3) is 0.500. The van der Waals surface area contributed by atoms with Gasteiger partial charge in [-0.25, -0.2) is 9.97 Å². The number of pyridine rings is 1. The smallest absolute Gasteiger partial charge is 0.383 e. The normalized spacial score (nSPS) is 22.4. The molecule has 6 heterocycles. The van der Waals surface area contributed by atoms with Crippen LogP contribution in [0, 0.1) is 6.92 Å². The molecular weight excluding hydrogens is 606 g/mol. The molecule has 5 N–H and O–H groups in total. The zero-order valence-electron chi connectivity index (χ0n) is 23.8. The fourth-order valence-electron chi connectivity index (χ4n) is 6.87. The highest BCUT2D eigenvalue weighted by Crippen LogP contribution is 2.51. The highest BCUT2D eigenvalue weighted by Gasteiger charge is 2.70. The van der Waals surface area contributed by atoms with E-state index in [4.69, 9.17) is 16.5 Å². The number of nitrogen functional groups attached to an aromatic ring is 1. The van der Waals surface area contributed by atoms with Gasteiger partial charge in [-0.3, -0.25) is 14.9 Å². The number of carbonyl (C=O) groups is 1. The maximum absolute atomic E-state index is 13.5. The van der Waals surface area contributed by atoms with Crippen LogP contribution in [-0.4, -0.2) is 70.0 Å². The van der Waals surface area contributed by atoms with E-state index in [1.807, 2.05) is 4.90 Å². The Balaban J connectivity index is 1.25. The number of aromatic amines is 1. The Labute approximate surface area is 251 Å². The molecule has 7 rings (SSSR count). The topological polar surface area (TPSA) is 157 Å². The van der Waals surface area contributed by atoms with E-state index in [-0.39, 0.29) is 41.2 Å². The van der Waals surface area contributed by atoms with E-state index in [1.54, 1.807) is 6.92 Å². The van der Waals surface area contributed by atoms with E-state index in [2.05, 4.69) is 25.3 Å². The molecule has 1 amide bonds. The number of nitrogens with two attached hydrogens (primary N) is 2. The molecule has 0 radical (unpaired) electrons. The summed E-state index contributed by atoms with van der Waals surface area (Å²) in [6, 6.07) is 1.60. The van der Waals surface area contributed by atoms with E-state index in [9.17, 15) is 31.1 Å². The number of carbonyl (C=O) groups excluding carboxylic acids is 1. The van der Waals surface area contributed by atoms with Gasteiger partial charge in [-0.05, 0) is 57.4 Å². The van der Waals surface area contributed by atoms with Gasteiger partial charge in [0.25, 0.3) is 11.4 Å². The minimum Gasteiger partial charge on any atom is -0.383 e. The molecule has 3 atom stereocenters. The number of aryl methyl sites for hydroxylation is 1. The van der Waals surface area contributed by atoms with Crippen molar-refractivity contribution < 1.29 is 31.1 Å². The summed E-state index contributed by atoms with van der Waals surface area (Å²) in [6.45, 7) is 1.72. The van der Waals surface area contributed by atoms with Gasteiger partial charge in [0.15, 0.2) is 5.65 Å². The van der Waals surface area contributed by atoms with Gasteiger partial charge in [-0.1, -0.05) is 6.07 Å². The predicted molar refractivity (Wildman–Crippen MR) is 147 cm³/mol. The third-order valence-electron chi connectivity index (χ3n) is 9.25. The van der Waals surface area contributed by atoms with Crippen molar-refractivity contribution in [2.24, 2.45) is 5.73 Å². The van der Waals surface area contributed by atoms with Crippen LogP contribution >= 0.6 is 0 Å². The van der Waals surface area contributed by atoms with Crippen molar-refractivity contribution in [2.45, 2.75) is 87.3 Å². The summed E-state index contributed by atoms with van der Waals surface area (Å²) in [4.78, 5) is 27.9. The van der Waals surface area contributed by atoms with Crippen molar-refractivity contribution in [3.05, 3.63) is 53.1 Å². The summed E-state index contributed by atoms with van der Waals surface area (Å²) in [5, 5.41) is 11.1. The molecule has 45 heavy (non-hydrogen) atoms. The Kier molecular flexibility index (Phi) is 6.45. The molecule has 3 aliphatic rings. The number of anilines is 1. The number of alkyl halides is 6. The van der Waals surface area contributed by atoms with E-state index in [0.717, 1.165) is 49.2 Å². The van der Waals surface area contributed by atoms with Gasteiger partial charge in [0.2, 0.25) is 5.82 Å². The molecule has 1 saturated carbocycles. The van der Waals surface area contributed by atoms with Gasteiger partial charge in [-0.15, -0.1) is 5.10 Å². The Morgan fingerprint density at radius 2 is 1.62 bits per heavy atom. The SMILES string of the molecule is Cc1nc(C(=O)N2[C@@H]3CC[C@H]2CC(c2nc4c(-c5ccc(C(N)(C(F)(F)F)C(F)(F)F)nc5)cnn4c(N)c2C2CC2)C3)n[nH]1. The lowest BCUT2D eigenvalue weighted by Gasteiger charge is -2.38. The first-order valence-electron chi connectivity index (χ1n) is 14.5. The monoisotopic (exact) mass is 634 g/mol. The second kappa shape index (κ2) is 9.86. The Morgan fingerprint density at radius 3 is 2.16 bits per heavy atom. The number of aromatic nitrogens is 7. The molecule has 2 saturated heterocycles. The summed E-state index contributed by atoms with van der Waals surface area (Å²) in [5.41, 5.74) is 8.05. The minimum atomic E-state index is -5.83. The van der Waals surface area contributed by atoms with Crippen LogP contribution in [0.2, 0.25) is 0 Å². The van der Waals surface area contributed by atoms with Crippen LogP contribution in [0.15, 0.2) is 24.5 Å².